The maximum Gasteiger partial charge on any atom is 0.349 e. The maximum absolute atomic E-state index is 14.0. The number of sulfonamides is 1. The Morgan fingerprint density at radius 3 is 2.42 bits per heavy atom. The lowest BCUT2D eigenvalue weighted by Crippen LogP contribution is -2.53. The van der Waals surface area contributed by atoms with Crippen LogP contribution in [0.4, 0.5) is 16.2 Å². The number of likely N-dealkylation sites (tertiary alicyclic amines) is 1. The van der Waals surface area contributed by atoms with E-state index in [1.807, 2.05) is 32.0 Å². The number of fused-ring (bicyclic) bond motifs is 1. The Morgan fingerprint density at radius 2 is 1.71 bits per heavy atom. The second kappa shape index (κ2) is 19.9. The first-order chi connectivity index (χ1) is 32.8. The van der Waals surface area contributed by atoms with Crippen LogP contribution in [-0.4, -0.2) is 105 Å². The van der Waals surface area contributed by atoms with Crippen molar-refractivity contribution in [2.24, 2.45) is 23.9 Å². The maximum atomic E-state index is 14.0. The van der Waals surface area contributed by atoms with Gasteiger partial charge in [0.2, 0.25) is 21.8 Å². The topological polar surface area (TPSA) is 239 Å². The van der Waals surface area contributed by atoms with E-state index in [-0.39, 0.29) is 64.3 Å². The third-order valence-electron chi connectivity index (χ3n) is 13.0. The number of anilines is 1. The number of aromatic carboxylic acids is 1. The van der Waals surface area contributed by atoms with Gasteiger partial charge in [0.05, 0.1) is 27.4 Å². The van der Waals surface area contributed by atoms with Gasteiger partial charge in [-0.15, -0.1) is 11.3 Å². The number of nitrogens with zero attached hydrogens (tertiary/aromatic N) is 5. The molecule has 0 aliphatic carbocycles. The van der Waals surface area contributed by atoms with Crippen molar-refractivity contribution < 1.29 is 47.3 Å². The normalized spacial score (nSPS) is 19.2. The summed E-state index contributed by atoms with van der Waals surface area (Å²) < 4.78 is 37.7. The van der Waals surface area contributed by atoms with Gasteiger partial charge in [-0.1, -0.05) is 41.9 Å². The highest BCUT2D eigenvalue weighted by Gasteiger charge is 2.41. The van der Waals surface area contributed by atoms with Crippen LogP contribution in [0.1, 0.15) is 79.2 Å². The monoisotopic (exact) mass is 1000 g/mol. The number of rotatable bonds is 14. The van der Waals surface area contributed by atoms with Crippen LogP contribution in [-0.2, 0) is 43.6 Å². The number of carboxylic acids is 2. The molecule has 4 N–H and O–H groups in total. The number of benzene rings is 3. The number of carboxylic acid groups (broad SMARTS) is 2. The van der Waals surface area contributed by atoms with Gasteiger partial charge in [0.1, 0.15) is 11.1 Å². The van der Waals surface area contributed by atoms with Crippen LogP contribution in [0.2, 0.25) is 5.02 Å². The van der Waals surface area contributed by atoms with E-state index in [2.05, 4.69) is 15.6 Å². The van der Waals surface area contributed by atoms with Crippen molar-refractivity contribution in [3.63, 3.8) is 0 Å². The van der Waals surface area contributed by atoms with Crippen molar-refractivity contribution in [1.29, 1.82) is 0 Å². The second-order valence-corrected chi connectivity index (χ2v) is 21.7. The number of aryl methyl sites for hydroxylation is 1. The zero-order valence-corrected chi connectivity index (χ0v) is 40.5. The van der Waals surface area contributed by atoms with E-state index >= 15 is 0 Å². The first-order valence-corrected chi connectivity index (χ1v) is 25.3. The molecule has 3 aliphatic heterocycles. The molecule has 3 aliphatic rings. The fourth-order valence-electron chi connectivity index (χ4n) is 9.65. The lowest BCUT2D eigenvalue weighted by atomic mass is 9.85. The SMILES string of the molecule is Cn1c(=O)n(C2CCC(=O)NC2=O)c2ccc(CC3CCN(C(=O)Nc4cccc(CS(=O)(=O)N5CCC(/C=N/c6cccc(-c7sc(C(=O)O)c(OCC(=O)O)c7Cl)c6)CC5(C)C)c4)CC3)cc21. The summed E-state index contributed by atoms with van der Waals surface area (Å²) in [5.74, 6) is -3.61. The summed E-state index contributed by atoms with van der Waals surface area (Å²) in [6.45, 7) is 4.36. The molecule has 3 fully saturated rings. The van der Waals surface area contributed by atoms with Gasteiger partial charge in [-0.25, -0.2) is 27.6 Å². The Bertz CT molecular complexity index is 3060. The molecule has 3 saturated heterocycles. The number of thiophene rings is 1. The minimum Gasteiger partial charge on any atom is -0.479 e. The largest absolute Gasteiger partial charge is 0.479 e. The van der Waals surface area contributed by atoms with Gasteiger partial charge >= 0.3 is 23.7 Å². The van der Waals surface area contributed by atoms with Crippen LogP contribution in [0.15, 0.2) is 76.5 Å². The number of hydrogen-bond donors (Lipinski definition) is 4. The van der Waals surface area contributed by atoms with E-state index in [0.29, 0.717) is 70.3 Å². The number of nitrogens with one attached hydrogen (secondary N) is 2. The van der Waals surface area contributed by atoms with Crippen molar-refractivity contribution in [1.82, 2.24) is 23.7 Å². The second-order valence-electron chi connectivity index (χ2n) is 18.4. The molecule has 5 aromatic rings. The fourth-order valence-corrected chi connectivity index (χ4v) is 13.0. The Labute approximate surface area is 406 Å². The molecule has 21 heteroatoms. The number of ether oxygens (including phenoxy) is 1. The number of halogens is 1. The number of hydrogen-bond acceptors (Lipinski definition) is 11. The molecule has 2 unspecified atom stereocenters. The van der Waals surface area contributed by atoms with Crippen LogP contribution in [0, 0.1) is 11.8 Å². The summed E-state index contributed by atoms with van der Waals surface area (Å²) in [5.41, 5.74) is 3.49. The number of urea groups is 1. The average molecular weight is 1000 g/mol. The zero-order valence-electron chi connectivity index (χ0n) is 38.1. The van der Waals surface area contributed by atoms with Crippen LogP contribution in [0.5, 0.6) is 5.75 Å². The Morgan fingerprint density at radius 1 is 0.957 bits per heavy atom. The summed E-state index contributed by atoms with van der Waals surface area (Å²) in [6, 6.07) is 18.6. The van der Waals surface area contributed by atoms with Crippen molar-refractivity contribution in [3.8, 4) is 16.2 Å². The van der Waals surface area contributed by atoms with Crippen LogP contribution in [0.25, 0.3) is 21.5 Å². The molecule has 0 bridgehead atoms. The fraction of sp³-hybridized carbons (Fsp3) is 0.396. The van der Waals surface area contributed by atoms with E-state index < -0.39 is 46.1 Å². The smallest absolute Gasteiger partial charge is 0.349 e. The minimum absolute atomic E-state index is 0.0107. The lowest BCUT2D eigenvalue weighted by Gasteiger charge is -2.43. The first-order valence-electron chi connectivity index (χ1n) is 22.5. The van der Waals surface area contributed by atoms with Crippen molar-refractivity contribution >= 4 is 91.4 Å². The molecule has 8 rings (SSSR count). The predicted molar refractivity (Wildman–Crippen MR) is 261 cm³/mol. The lowest BCUT2D eigenvalue weighted by molar-refractivity contribution is -0.139. The molecule has 0 saturated carbocycles. The Hall–Kier alpha value is -6.35. The molecule has 3 aromatic carbocycles. The van der Waals surface area contributed by atoms with Crippen LogP contribution < -0.4 is 21.1 Å². The summed E-state index contributed by atoms with van der Waals surface area (Å²) in [7, 11) is -2.12. The number of carbonyl (C=O) groups excluding carboxylic acids is 3. The highest BCUT2D eigenvalue weighted by atomic mass is 35.5. The van der Waals surface area contributed by atoms with Gasteiger partial charge in [-0.2, -0.15) is 4.31 Å². The number of aromatic nitrogens is 2. The molecule has 69 heavy (non-hydrogen) atoms. The highest BCUT2D eigenvalue weighted by molar-refractivity contribution is 7.88. The van der Waals surface area contributed by atoms with Crippen molar-refractivity contribution in [2.45, 2.75) is 76.1 Å². The summed E-state index contributed by atoms with van der Waals surface area (Å²) in [4.78, 5) is 80.5. The molecule has 4 amide bonds. The van der Waals surface area contributed by atoms with Gasteiger partial charge in [0, 0.05) is 50.5 Å². The van der Waals surface area contributed by atoms with Crippen molar-refractivity contribution in [3.05, 3.63) is 98.2 Å². The van der Waals surface area contributed by atoms with E-state index in [1.165, 1.54) is 9.13 Å². The van der Waals surface area contributed by atoms with E-state index in [1.54, 1.807) is 71.0 Å². The van der Waals surface area contributed by atoms with Gasteiger partial charge in [0.25, 0.3) is 0 Å². The van der Waals surface area contributed by atoms with Crippen LogP contribution in [0.3, 0.4) is 0 Å². The van der Waals surface area contributed by atoms with Crippen molar-refractivity contribution in [2.75, 3.05) is 31.6 Å². The molecule has 5 heterocycles. The molecule has 364 valence electrons. The predicted octanol–water partition coefficient (Wildman–Crippen LogP) is 7.07. The third kappa shape index (κ3) is 10.8. The molecule has 0 radical (unpaired) electrons. The standard InChI is InChI=1S/C48H52ClN7O11S2/c1-48(2)24-31(25-50-33-8-5-7-32(23-33)42-40(49)41(67-26-39(58)59)43(68-42)45(61)62)16-19-55(48)69(65,66)27-30-6-4-9-34(21-30)51-46(63)54-17-14-28(15-18-54)20-29-10-11-35-37(22-29)53(3)47(64)56(35)36-12-13-38(57)52-44(36)60/h4-11,21-23,25,28,31,36H,12-20,24,26-27H2,1-3H3,(H,51,63)(H,58,59)(H,61,62)(H,52,57,60)/b50-25+. The number of amides is 4. The number of aliphatic imine (C=N–C) groups is 1. The summed E-state index contributed by atoms with van der Waals surface area (Å²) in [5, 5.41) is 24.0. The molecule has 2 atom stereocenters. The number of imide groups is 1. The van der Waals surface area contributed by atoms with Gasteiger partial charge in [-0.3, -0.25) is 29.0 Å². The van der Waals surface area contributed by atoms with E-state index in [4.69, 9.17) is 21.4 Å². The molecular weight excluding hydrogens is 950 g/mol. The number of carbonyl (C=O) groups is 5. The van der Waals surface area contributed by atoms with E-state index in [9.17, 15) is 42.3 Å². The Kier molecular flexibility index (Phi) is 14.2. The molecule has 2 aromatic heterocycles. The molecule has 0 spiro atoms. The van der Waals surface area contributed by atoms with E-state index in [0.717, 1.165) is 36.2 Å². The third-order valence-corrected chi connectivity index (χ3v) is 16.7. The zero-order chi connectivity index (χ0) is 49.4. The minimum atomic E-state index is -3.79. The Balaban J connectivity index is 0.837. The number of aliphatic carboxylic acids is 1. The number of piperidine rings is 3. The summed E-state index contributed by atoms with van der Waals surface area (Å²) in [6.07, 6.45) is 5.55. The van der Waals surface area contributed by atoms with Gasteiger partial charge in [0.15, 0.2) is 17.2 Å². The number of imidazole rings is 1. The average Bonchev–Trinajstić information content (AvgIpc) is 3.76. The quantitative estimate of drug-likeness (QED) is 0.0648. The first kappa shape index (κ1) is 49.1. The molecule has 18 nitrogen and oxygen atoms in total. The van der Waals surface area contributed by atoms with Crippen LogP contribution >= 0.6 is 22.9 Å². The summed E-state index contributed by atoms with van der Waals surface area (Å²) >= 11 is 7.36. The van der Waals surface area contributed by atoms with Gasteiger partial charge < -0.3 is 25.2 Å². The molecular formula is C48H52ClN7O11S2. The highest BCUT2D eigenvalue weighted by Crippen LogP contribution is 2.46. The van der Waals surface area contributed by atoms with Gasteiger partial charge in [-0.05, 0) is 117 Å².